The van der Waals surface area contributed by atoms with Gasteiger partial charge in [-0.05, 0) is 49.6 Å². The first-order valence-corrected chi connectivity index (χ1v) is 9.74. The van der Waals surface area contributed by atoms with Crippen molar-refractivity contribution in [2.45, 2.75) is 50.9 Å². The molecule has 2 fully saturated rings. The van der Waals surface area contributed by atoms with Crippen LogP contribution in [-0.2, 0) is 11.3 Å². The van der Waals surface area contributed by atoms with Gasteiger partial charge in [0.25, 0.3) is 0 Å². The van der Waals surface area contributed by atoms with Crippen molar-refractivity contribution in [1.82, 2.24) is 15.1 Å². The topological polar surface area (TPSA) is 44.8 Å². The Labute approximate surface area is 149 Å². The van der Waals surface area contributed by atoms with Crippen LogP contribution in [0.15, 0.2) is 11.4 Å². The van der Waals surface area contributed by atoms with Gasteiger partial charge in [0.2, 0.25) is 0 Å². The van der Waals surface area contributed by atoms with Gasteiger partial charge in [0.15, 0.2) is 0 Å². The molecule has 1 aromatic heterocycles. The van der Waals surface area contributed by atoms with Crippen molar-refractivity contribution in [1.29, 1.82) is 0 Å². The van der Waals surface area contributed by atoms with E-state index in [0.29, 0.717) is 6.54 Å². The van der Waals surface area contributed by atoms with Crippen LogP contribution >= 0.6 is 11.3 Å². The van der Waals surface area contributed by atoms with E-state index in [1.54, 1.807) is 19.0 Å². The number of aryl methyl sites for hydroxylation is 1. The summed E-state index contributed by atoms with van der Waals surface area (Å²) in [5.74, 6) is 0. The molecule has 5 nitrogen and oxygen atoms in total. The van der Waals surface area contributed by atoms with Crippen molar-refractivity contribution >= 4 is 17.4 Å². The highest BCUT2D eigenvalue weighted by molar-refractivity contribution is 7.10. The van der Waals surface area contributed by atoms with Gasteiger partial charge in [0, 0.05) is 45.2 Å². The van der Waals surface area contributed by atoms with E-state index in [9.17, 15) is 4.79 Å². The minimum Gasteiger partial charge on any atom is -0.369 e. The van der Waals surface area contributed by atoms with Gasteiger partial charge in [-0.25, -0.2) is 4.79 Å². The summed E-state index contributed by atoms with van der Waals surface area (Å²) in [4.78, 5) is 17.3. The van der Waals surface area contributed by atoms with Crippen LogP contribution in [0.5, 0.6) is 0 Å². The lowest BCUT2D eigenvalue weighted by Gasteiger charge is -2.39. The molecule has 2 atom stereocenters. The number of rotatable bonds is 4. The van der Waals surface area contributed by atoms with Gasteiger partial charge < -0.3 is 15.0 Å². The molecule has 0 radical (unpaired) electrons. The highest BCUT2D eigenvalue weighted by atomic mass is 32.1. The lowest BCUT2D eigenvalue weighted by molar-refractivity contribution is -0.118. The van der Waals surface area contributed by atoms with E-state index in [2.05, 4.69) is 28.6 Å². The summed E-state index contributed by atoms with van der Waals surface area (Å²) in [7, 11) is 3.53. The van der Waals surface area contributed by atoms with Crippen molar-refractivity contribution in [2.24, 2.45) is 0 Å². The predicted octanol–water partition coefficient (Wildman–Crippen LogP) is 2.84. The van der Waals surface area contributed by atoms with Crippen LogP contribution in [0.25, 0.3) is 0 Å². The molecule has 3 heterocycles. The molecule has 2 aliphatic heterocycles. The Bertz CT molecular complexity index is 574. The Morgan fingerprint density at radius 3 is 3.04 bits per heavy atom. The number of nitrogens with zero attached hydrogens (tertiary/aromatic N) is 2. The number of nitrogens with one attached hydrogen (secondary N) is 1. The molecular weight excluding hydrogens is 322 g/mol. The fourth-order valence-electron chi connectivity index (χ4n) is 3.76. The van der Waals surface area contributed by atoms with E-state index in [1.165, 1.54) is 16.9 Å². The Morgan fingerprint density at radius 2 is 2.33 bits per heavy atom. The molecule has 0 saturated carbocycles. The third-order valence-corrected chi connectivity index (χ3v) is 6.20. The quantitative estimate of drug-likeness (QED) is 0.907. The summed E-state index contributed by atoms with van der Waals surface area (Å²) >= 11 is 1.85. The number of carbonyl (C=O) groups is 1. The summed E-state index contributed by atoms with van der Waals surface area (Å²) in [6.07, 6.45) is 4.63. The molecule has 2 amide bonds. The highest BCUT2D eigenvalue weighted by Gasteiger charge is 2.43. The van der Waals surface area contributed by atoms with Crippen molar-refractivity contribution < 1.29 is 9.53 Å². The Kier molecular flexibility index (Phi) is 5.47. The molecule has 0 unspecified atom stereocenters. The number of hydrogen-bond acceptors (Lipinski definition) is 4. The van der Waals surface area contributed by atoms with Crippen molar-refractivity contribution in [3.63, 3.8) is 0 Å². The van der Waals surface area contributed by atoms with Gasteiger partial charge in [0.05, 0.1) is 11.7 Å². The first-order chi connectivity index (χ1) is 11.5. The van der Waals surface area contributed by atoms with Crippen LogP contribution in [0, 0.1) is 6.92 Å². The summed E-state index contributed by atoms with van der Waals surface area (Å²) < 4.78 is 6.47. The average molecular weight is 352 g/mol. The van der Waals surface area contributed by atoms with Gasteiger partial charge in [0.1, 0.15) is 0 Å². The van der Waals surface area contributed by atoms with Crippen LogP contribution in [0.3, 0.4) is 0 Å². The SMILES string of the molecule is Cc1ccsc1CN1CC[C@]2(CCC[C@H](CNC(=O)N(C)C)O2)C1. The van der Waals surface area contributed by atoms with Gasteiger partial charge in [-0.15, -0.1) is 11.3 Å². The number of likely N-dealkylation sites (tertiary alicyclic amines) is 1. The third kappa shape index (κ3) is 4.10. The zero-order valence-electron chi connectivity index (χ0n) is 15.0. The van der Waals surface area contributed by atoms with Crippen LogP contribution < -0.4 is 5.32 Å². The molecule has 134 valence electrons. The molecule has 3 rings (SSSR count). The standard InChI is InChI=1S/C18H29N3O2S/c1-14-6-10-24-16(14)12-21-9-8-18(13-21)7-4-5-15(23-18)11-19-17(22)20(2)3/h6,10,15H,4-5,7-9,11-13H2,1-3H3,(H,19,22)/t15-,18-/m1/s1. The summed E-state index contributed by atoms with van der Waals surface area (Å²) in [5.41, 5.74) is 1.39. The monoisotopic (exact) mass is 351 g/mol. The van der Waals surface area contributed by atoms with E-state index in [-0.39, 0.29) is 17.7 Å². The molecule has 0 bridgehead atoms. The zero-order chi connectivity index (χ0) is 17.2. The van der Waals surface area contributed by atoms with Crippen LogP contribution in [0.1, 0.15) is 36.1 Å². The number of urea groups is 1. The van der Waals surface area contributed by atoms with Crippen LogP contribution in [0.4, 0.5) is 4.79 Å². The largest absolute Gasteiger partial charge is 0.369 e. The first kappa shape index (κ1) is 17.7. The van der Waals surface area contributed by atoms with E-state index in [1.807, 2.05) is 11.3 Å². The van der Waals surface area contributed by atoms with Crippen molar-refractivity contribution in [3.05, 3.63) is 21.9 Å². The summed E-state index contributed by atoms with van der Waals surface area (Å²) in [6.45, 7) is 5.97. The molecule has 0 aromatic carbocycles. The second kappa shape index (κ2) is 7.42. The highest BCUT2D eigenvalue weighted by Crippen LogP contribution is 2.37. The normalized spacial score (nSPS) is 27.5. The number of amides is 2. The number of ether oxygens (including phenoxy) is 1. The second-order valence-electron chi connectivity index (χ2n) is 7.38. The second-order valence-corrected chi connectivity index (χ2v) is 8.38. The summed E-state index contributed by atoms with van der Waals surface area (Å²) in [6, 6.07) is 2.16. The van der Waals surface area contributed by atoms with Crippen LogP contribution in [-0.4, -0.2) is 61.3 Å². The predicted molar refractivity (Wildman–Crippen MR) is 97.5 cm³/mol. The van der Waals surface area contributed by atoms with E-state index in [0.717, 1.165) is 38.9 Å². The third-order valence-electron chi connectivity index (χ3n) is 5.19. The number of hydrogen-bond donors (Lipinski definition) is 1. The summed E-state index contributed by atoms with van der Waals surface area (Å²) in [5, 5.41) is 5.14. The van der Waals surface area contributed by atoms with E-state index in [4.69, 9.17) is 4.74 Å². The van der Waals surface area contributed by atoms with Crippen molar-refractivity contribution in [2.75, 3.05) is 33.7 Å². The smallest absolute Gasteiger partial charge is 0.316 e. The number of carbonyl (C=O) groups excluding carboxylic acids is 1. The minimum atomic E-state index is -0.0422. The van der Waals surface area contributed by atoms with E-state index < -0.39 is 0 Å². The van der Waals surface area contributed by atoms with Gasteiger partial charge in [-0.2, -0.15) is 0 Å². The Balaban J connectivity index is 1.52. The van der Waals surface area contributed by atoms with Gasteiger partial charge in [-0.1, -0.05) is 0 Å². The maximum atomic E-state index is 11.7. The fraction of sp³-hybridized carbons (Fsp3) is 0.722. The zero-order valence-corrected chi connectivity index (χ0v) is 15.8. The molecule has 1 aromatic rings. The van der Waals surface area contributed by atoms with E-state index >= 15 is 0 Å². The Hall–Kier alpha value is -1.11. The molecule has 2 saturated heterocycles. The van der Waals surface area contributed by atoms with Gasteiger partial charge >= 0.3 is 6.03 Å². The maximum absolute atomic E-state index is 11.7. The molecule has 0 aliphatic carbocycles. The van der Waals surface area contributed by atoms with Crippen LogP contribution in [0.2, 0.25) is 0 Å². The molecule has 2 aliphatic rings. The number of thiophene rings is 1. The minimum absolute atomic E-state index is 0.00305. The average Bonchev–Trinajstić information content (AvgIpc) is 3.12. The van der Waals surface area contributed by atoms with Crippen molar-refractivity contribution in [3.8, 4) is 0 Å². The lowest BCUT2D eigenvalue weighted by atomic mass is 9.90. The van der Waals surface area contributed by atoms with Gasteiger partial charge in [-0.3, -0.25) is 4.90 Å². The molecule has 1 N–H and O–H groups in total. The first-order valence-electron chi connectivity index (χ1n) is 8.86. The Morgan fingerprint density at radius 1 is 1.50 bits per heavy atom. The molecular formula is C18H29N3O2S. The molecule has 6 heteroatoms. The maximum Gasteiger partial charge on any atom is 0.316 e. The molecule has 24 heavy (non-hydrogen) atoms. The molecule has 1 spiro atoms. The fourth-order valence-corrected chi connectivity index (χ4v) is 4.71. The lowest BCUT2D eigenvalue weighted by Crippen LogP contribution is -2.48.